The number of rotatable bonds is 7. The number of carbonyl (C=O) groups excluding carboxylic acids is 2. The third kappa shape index (κ3) is 5.12. The maximum Gasteiger partial charge on any atom is 0.290 e. The Hall–Kier alpha value is -4.37. The van der Waals surface area contributed by atoms with Gasteiger partial charge >= 0.3 is 0 Å². The molecule has 37 heavy (non-hydrogen) atoms. The Morgan fingerprint density at radius 2 is 1.81 bits per heavy atom. The van der Waals surface area contributed by atoms with Gasteiger partial charge in [-0.1, -0.05) is 23.8 Å². The van der Waals surface area contributed by atoms with Crippen LogP contribution in [0.2, 0.25) is 0 Å². The predicted molar refractivity (Wildman–Crippen MR) is 142 cm³/mol. The van der Waals surface area contributed by atoms with E-state index in [1.165, 1.54) is 0 Å². The molecule has 0 aliphatic carbocycles. The molecule has 8 nitrogen and oxygen atoms in total. The number of pyridine rings is 1. The molecule has 4 aromatic rings. The highest BCUT2D eigenvalue weighted by Crippen LogP contribution is 2.32. The first-order valence-electron chi connectivity index (χ1n) is 11.5. The summed E-state index contributed by atoms with van der Waals surface area (Å²) in [5.41, 5.74) is 3.31. The second-order valence-electron chi connectivity index (χ2n) is 8.35. The lowest BCUT2D eigenvalue weighted by molar-refractivity contribution is -0.115. The standard InChI is InChI=1S/C28H22N2O6S/c1-16-5-10-22-21(14-16)23(31)25(24(36-22)19-4-3-11-29-15-19)35-13-12-34-20-8-6-18(7-9-20)17(2)26-27(32)30-28(33)37-26/h3-11,14-15H,12-13H2,1-2H3,(H,30,32,33)/b26-17-. The molecular formula is C28H22N2O6S. The van der Waals surface area contributed by atoms with E-state index in [1.54, 1.807) is 55.7 Å². The predicted octanol–water partition coefficient (Wildman–Crippen LogP) is 5.34. The number of aromatic nitrogens is 1. The number of nitrogens with one attached hydrogen (secondary N) is 1. The van der Waals surface area contributed by atoms with Crippen LogP contribution in [0.1, 0.15) is 18.1 Å². The second kappa shape index (κ2) is 10.3. The van der Waals surface area contributed by atoms with Gasteiger partial charge in [0, 0.05) is 18.0 Å². The zero-order valence-corrected chi connectivity index (χ0v) is 20.9. The van der Waals surface area contributed by atoms with Crippen molar-refractivity contribution in [2.24, 2.45) is 0 Å². The summed E-state index contributed by atoms with van der Waals surface area (Å²) < 4.78 is 17.8. The number of nitrogens with zero attached hydrogens (tertiary/aromatic N) is 1. The SMILES string of the molecule is C/C(=C1/SC(=O)NC1=O)c1ccc(OCCOc2c(-c3cccnc3)oc3ccc(C)cc3c2=O)cc1. The maximum absolute atomic E-state index is 13.3. The second-order valence-corrected chi connectivity index (χ2v) is 9.33. The van der Waals surface area contributed by atoms with Crippen molar-refractivity contribution in [2.75, 3.05) is 13.2 Å². The van der Waals surface area contributed by atoms with Crippen LogP contribution >= 0.6 is 11.8 Å². The number of hydrogen-bond donors (Lipinski definition) is 1. The molecular weight excluding hydrogens is 492 g/mol. The first-order chi connectivity index (χ1) is 17.9. The summed E-state index contributed by atoms with van der Waals surface area (Å²) in [6.07, 6.45) is 3.26. The van der Waals surface area contributed by atoms with E-state index in [0.29, 0.717) is 38.5 Å². The third-order valence-corrected chi connectivity index (χ3v) is 6.75. The molecule has 186 valence electrons. The van der Waals surface area contributed by atoms with Crippen molar-refractivity contribution < 1.29 is 23.5 Å². The average Bonchev–Trinajstić information content (AvgIpc) is 3.25. The molecule has 0 radical (unpaired) electrons. The number of benzene rings is 2. The fourth-order valence-corrected chi connectivity index (χ4v) is 4.65. The Morgan fingerprint density at radius 1 is 1.03 bits per heavy atom. The third-order valence-electron chi connectivity index (χ3n) is 5.77. The largest absolute Gasteiger partial charge is 0.490 e. The van der Waals surface area contributed by atoms with Crippen LogP contribution in [0.15, 0.2) is 81.1 Å². The fourth-order valence-electron chi connectivity index (χ4n) is 3.91. The monoisotopic (exact) mass is 514 g/mol. The Balaban J connectivity index is 1.31. The number of ether oxygens (including phenoxy) is 2. The van der Waals surface area contributed by atoms with E-state index < -0.39 is 0 Å². The molecule has 9 heteroatoms. The van der Waals surface area contributed by atoms with E-state index >= 15 is 0 Å². The van der Waals surface area contributed by atoms with Crippen LogP contribution in [-0.4, -0.2) is 29.3 Å². The highest BCUT2D eigenvalue weighted by atomic mass is 32.2. The molecule has 0 atom stereocenters. The van der Waals surface area contributed by atoms with Gasteiger partial charge in [-0.05, 0) is 73.1 Å². The molecule has 1 N–H and O–H groups in total. The van der Waals surface area contributed by atoms with E-state index in [0.717, 1.165) is 22.9 Å². The summed E-state index contributed by atoms with van der Waals surface area (Å²) in [6.45, 7) is 4.00. The minimum Gasteiger partial charge on any atom is -0.490 e. The molecule has 1 aliphatic heterocycles. The van der Waals surface area contributed by atoms with Crippen LogP contribution < -0.4 is 20.2 Å². The van der Waals surface area contributed by atoms with Crippen molar-refractivity contribution in [1.82, 2.24) is 10.3 Å². The van der Waals surface area contributed by atoms with E-state index in [9.17, 15) is 14.4 Å². The number of amides is 2. The van der Waals surface area contributed by atoms with Gasteiger partial charge in [0.15, 0.2) is 5.76 Å². The number of imide groups is 1. The summed E-state index contributed by atoms with van der Waals surface area (Å²) in [6, 6.07) is 16.2. The van der Waals surface area contributed by atoms with Gasteiger partial charge in [-0.15, -0.1) is 0 Å². The summed E-state index contributed by atoms with van der Waals surface area (Å²) in [5, 5.41) is 2.33. The molecule has 0 saturated carbocycles. The van der Waals surface area contributed by atoms with Crippen LogP contribution in [0.4, 0.5) is 4.79 Å². The quantitative estimate of drug-likeness (QED) is 0.260. The first kappa shape index (κ1) is 24.3. The lowest BCUT2D eigenvalue weighted by Gasteiger charge is -2.13. The minimum absolute atomic E-state index is 0.106. The number of carbonyl (C=O) groups is 2. The highest BCUT2D eigenvalue weighted by Gasteiger charge is 2.27. The zero-order chi connectivity index (χ0) is 25.9. The fraction of sp³-hybridized carbons (Fsp3) is 0.143. The number of allylic oxidation sites excluding steroid dienone is 1. The summed E-state index contributed by atoms with van der Waals surface area (Å²) in [5.74, 6) is 0.631. The van der Waals surface area contributed by atoms with Crippen LogP contribution in [0.3, 0.4) is 0 Å². The van der Waals surface area contributed by atoms with Gasteiger partial charge in [-0.25, -0.2) is 0 Å². The molecule has 2 aromatic carbocycles. The Kier molecular flexibility index (Phi) is 6.78. The molecule has 1 saturated heterocycles. The normalized spacial score (nSPS) is 14.5. The summed E-state index contributed by atoms with van der Waals surface area (Å²) >= 11 is 0.893. The van der Waals surface area contributed by atoms with E-state index in [4.69, 9.17) is 13.9 Å². The first-order valence-corrected chi connectivity index (χ1v) is 12.3. The smallest absolute Gasteiger partial charge is 0.290 e. The van der Waals surface area contributed by atoms with Gasteiger partial charge in [0.25, 0.3) is 11.1 Å². The minimum atomic E-state index is -0.385. The van der Waals surface area contributed by atoms with Crippen molar-refractivity contribution in [1.29, 1.82) is 0 Å². The van der Waals surface area contributed by atoms with Gasteiger partial charge in [0.1, 0.15) is 24.5 Å². The van der Waals surface area contributed by atoms with Crippen molar-refractivity contribution in [2.45, 2.75) is 13.8 Å². The molecule has 1 aliphatic rings. The lowest BCUT2D eigenvalue weighted by Crippen LogP contribution is -2.18. The Morgan fingerprint density at radius 3 is 2.51 bits per heavy atom. The lowest BCUT2D eigenvalue weighted by atomic mass is 10.1. The number of thioether (sulfide) groups is 1. The summed E-state index contributed by atoms with van der Waals surface area (Å²) in [4.78, 5) is 41.2. The Labute approximate surface area is 216 Å². The zero-order valence-electron chi connectivity index (χ0n) is 20.1. The van der Waals surface area contributed by atoms with E-state index in [2.05, 4.69) is 10.3 Å². The number of hydrogen-bond acceptors (Lipinski definition) is 8. The molecule has 0 spiro atoms. The molecule has 3 heterocycles. The van der Waals surface area contributed by atoms with Crippen molar-refractivity contribution >= 4 is 39.5 Å². The molecule has 1 fully saturated rings. The van der Waals surface area contributed by atoms with Gasteiger partial charge in [-0.3, -0.25) is 24.7 Å². The topological polar surface area (TPSA) is 108 Å². The number of fused-ring (bicyclic) bond motifs is 1. The van der Waals surface area contributed by atoms with Crippen molar-refractivity contribution in [3.63, 3.8) is 0 Å². The molecule has 0 unspecified atom stereocenters. The molecule has 2 amide bonds. The van der Waals surface area contributed by atoms with Gasteiger partial charge in [0.05, 0.1) is 10.3 Å². The molecule has 2 aromatic heterocycles. The highest BCUT2D eigenvalue weighted by molar-refractivity contribution is 8.18. The average molecular weight is 515 g/mol. The van der Waals surface area contributed by atoms with E-state index in [-0.39, 0.29) is 35.5 Å². The Bertz CT molecular complexity index is 1590. The molecule has 0 bridgehead atoms. The van der Waals surface area contributed by atoms with Gasteiger partial charge < -0.3 is 13.9 Å². The van der Waals surface area contributed by atoms with Crippen molar-refractivity contribution in [3.8, 4) is 22.8 Å². The van der Waals surface area contributed by atoms with Crippen LogP contribution in [-0.2, 0) is 4.79 Å². The maximum atomic E-state index is 13.3. The molecule has 5 rings (SSSR count). The summed E-state index contributed by atoms with van der Waals surface area (Å²) in [7, 11) is 0. The van der Waals surface area contributed by atoms with Crippen molar-refractivity contribution in [3.05, 3.63) is 93.2 Å². The van der Waals surface area contributed by atoms with Crippen LogP contribution in [0, 0.1) is 6.92 Å². The van der Waals surface area contributed by atoms with Crippen LogP contribution in [0.25, 0.3) is 27.9 Å². The van der Waals surface area contributed by atoms with Gasteiger partial charge in [-0.2, -0.15) is 0 Å². The number of aryl methyl sites for hydroxylation is 1. The van der Waals surface area contributed by atoms with Gasteiger partial charge in [0.2, 0.25) is 11.2 Å². The van der Waals surface area contributed by atoms with E-state index in [1.807, 2.05) is 25.1 Å². The van der Waals surface area contributed by atoms with Crippen LogP contribution in [0.5, 0.6) is 11.5 Å².